The fraction of sp³-hybridized carbons (Fsp3) is 0. The van der Waals surface area contributed by atoms with E-state index in [1.54, 1.807) is 0 Å². The van der Waals surface area contributed by atoms with Crippen molar-refractivity contribution < 1.29 is 16.8 Å². The molecular formula is C4H7ClN2O4S2. The number of hydrogen-bond donors (Lipinski definition) is 2. The molecule has 1 heterocycles. The zero-order valence-electron chi connectivity index (χ0n) is 6.17. The summed E-state index contributed by atoms with van der Waals surface area (Å²) in [5, 5.41) is 4.64. The minimum absolute atomic E-state index is 0. The molecule has 6 nitrogen and oxygen atoms in total. The van der Waals surface area contributed by atoms with Gasteiger partial charge in [-0.15, -0.1) is 12.4 Å². The predicted molar refractivity (Wildman–Crippen MR) is 49.6 cm³/mol. The number of sulfonamides is 2. The first-order valence-corrected chi connectivity index (χ1v) is 5.79. The van der Waals surface area contributed by atoms with Gasteiger partial charge in [-0.1, -0.05) is 0 Å². The highest BCUT2D eigenvalue weighted by Crippen LogP contribution is 2.12. The molecule has 1 aliphatic heterocycles. The zero-order chi connectivity index (χ0) is 9.41. The molecule has 3 N–H and O–H groups in total. The fourth-order valence-electron chi connectivity index (χ4n) is 0.651. The Morgan fingerprint density at radius 2 is 1.92 bits per heavy atom. The maximum absolute atomic E-state index is 10.9. The molecule has 0 unspecified atom stereocenters. The summed E-state index contributed by atoms with van der Waals surface area (Å²) in [6.45, 7) is 0. The van der Waals surface area contributed by atoms with E-state index in [4.69, 9.17) is 0 Å². The molecule has 1 rings (SSSR count). The number of hydrogen-bond acceptors (Lipinski definition) is 4. The number of primary sulfonamides is 1. The Labute approximate surface area is 82.0 Å². The third kappa shape index (κ3) is 2.69. The molecule has 0 saturated heterocycles. The van der Waals surface area contributed by atoms with E-state index < -0.39 is 24.3 Å². The van der Waals surface area contributed by atoms with Crippen molar-refractivity contribution in [2.45, 2.75) is 0 Å². The third-order valence-electron chi connectivity index (χ3n) is 1.10. The first-order chi connectivity index (χ1) is 5.34. The Hall–Kier alpha value is -0.570. The maximum atomic E-state index is 10.9. The van der Waals surface area contributed by atoms with E-state index in [0.29, 0.717) is 0 Å². The van der Waals surface area contributed by atoms with Gasteiger partial charge in [0.1, 0.15) is 0 Å². The van der Waals surface area contributed by atoms with Gasteiger partial charge in [0.2, 0.25) is 0 Å². The summed E-state index contributed by atoms with van der Waals surface area (Å²) >= 11 is 0. The monoisotopic (exact) mass is 246 g/mol. The molecule has 76 valence electrons. The molecule has 0 radical (unpaired) electrons. The van der Waals surface area contributed by atoms with Gasteiger partial charge in [-0.2, -0.15) is 0 Å². The molecule has 1 aliphatic rings. The van der Waals surface area contributed by atoms with Gasteiger partial charge in [-0.05, 0) is 12.2 Å². The first kappa shape index (κ1) is 12.4. The Balaban J connectivity index is 0.00000144. The molecule has 0 bridgehead atoms. The average Bonchev–Trinajstić information content (AvgIpc) is 1.83. The van der Waals surface area contributed by atoms with Crippen LogP contribution in [0.25, 0.3) is 0 Å². The fourth-order valence-corrected chi connectivity index (χ4v) is 2.92. The maximum Gasteiger partial charge on any atom is 0.273 e. The number of rotatable bonds is 1. The molecule has 0 saturated carbocycles. The van der Waals surface area contributed by atoms with Crippen molar-refractivity contribution in [2.24, 2.45) is 5.14 Å². The number of nitrogens with two attached hydrogens (primary N) is 1. The zero-order valence-corrected chi connectivity index (χ0v) is 8.62. The van der Waals surface area contributed by atoms with Crippen LogP contribution in [-0.4, -0.2) is 16.8 Å². The van der Waals surface area contributed by atoms with Crippen LogP contribution in [0.3, 0.4) is 0 Å². The highest BCUT2D eigenvalue weighted by Gasteiger charge is 2.27. The number of allylic oxidation sites excluding steroid dienone is 2. The topological polar surface area (TPSA) is 106 Å². The van der Waals surface area contributed by atoms with Crippen LogP contribution in [0.4, 0.5) is 0 Å². The largest absolute Gasteiger partial charge is 0.286 e. The van der Waals surface area contributed by atoms with Gasteiger partial charge in [-0.3, -0.25) is 4.72 Å². The summed E-state index contributed by atoms with van der Waals surface area (Å²) in [5.41, 5.74) is 0. The van der Waals surface area contributed by atoms with Gasteiger partial charge < -0.3 is 0 Å². The molecule has 0 fully saturated rings. The summed E-state index contributed by atoms with van der Waals surface area (Å²) in [7, 11) is -8.14. The van der Waals surface area contributed by atoms with E-state index in [9.17, 15) is 16.8 Å². The van der Waals surface area contributed by atoms with Crippen molar-refractivity contribution in [3.05, 3.63) is 22.6 Å². The second-order valence-corrected chi connectivity index (χ2v) is 5.48. The molecule has 0 amide bonds. The van der Waals surface area contributed by atoms with Crippen LogP contribution in [0.1, 0.15) is 0 Å². The highest BCUT2D eigenvalue weighted by molar-refractivity contribution is 8.12. The number of nitrogens with one attached hydrogen (secondary N) is 1. The number of halogens is 1. The lowest BCUT2D eigenvalue weighted by atomic mass is 10.6. The minimum atomic E-state index is -4.17. The van der Waals surface area contributed by atoms with Crippen molar-refractivity contribution in [3.8, 4) is 0 Å². The minimum Gasteiger partial charge on any atom is -0.286 e. The second-order valence-electron chi connectivity index (χ2n) is 2.01. The quantitative estimate of drug-likeness (QED) is 0.618. The molecule has 0 aromatic heterocycles. The Morgan fingerprint density at radius 3 is 2.23 bits per heavy atom. The van der Waals surface area contributed by atoms with E-state index in [-0.39, 0.29) is 12.4 Å². The van der Waals surface area contributed by atoms with Crippen LogP contribution in [0.2, 0.25) is 0 Å². The van der Waals surface area contributed by atoms with Gasteiger partial charge >= 0.3 is 0 Å². The smallest absolute Gasteiger partial charge is 0.273 e. The third-order valence-corrected chi connectivity index (χ3v) is 4.26. The second kappa shape index (κ2) is 3.66. The van der Waals surface area contributed by atoms with Crippen LogP contribution in [0.15, 0.2) is 22.6 Å². The van der Waals surface area contributed by atoms with Crippen molar-refractivity contribution in [1.29, 1.82) is 0 Å². The van der Waals surface area contributed by atoms with E-state index >= 15 is 0 Å². The van der Waals surface area contributed by atoms with Gasteiger partial charge in [0.15, 0.2) is 4.24 Å². The van der Waals surface area contributed by atoms with Crippen molar-refractivity contribution >= 4 is 32.5 Å². The summed E-state index contributed by atoms with van der Waals surface area (Å²) in [6.07, 6.45) is 3.26. The summed E-state index contributed by atoms with van der Waals surface area (Å²) in [4.78, 5) is 0. The molecule has 0 atom stereocenters. The van der Waals surface area contributed by atoms with Crippen LogP contribution in [-0.2, 0) is 20.0 Å². The lowest BCUT2D eigenvalue weighted by Gasteiger charge is -2.08. The molecule has 0 spiro atoms. The summed E-state index contributed by atoms with van der Waals surface area (Å²) < 4.78 is 44.3. The molecule has 13 heavy (non-hydrogen) atoms. The van der Waals surface area contributed by atoms with E-state index in [1.165, 1.54) is 6.08 Å². The lowest BCUT2D eigenvalue weighted by molar-refractivity contribution is 0.592. The van der Waals surface area contributed by atoms with Crippen molar-refractivity contribution in [2.75, 3.05) is 0 Å². The molecule has 0 aromatic carbocycles. The Bertz CT molecular complexity index is 447. The first-order valence-electron chi connectivity index (χ1n) is 2.76. The summed E-state index contributed by atoms with van der Waals surface area (Å²) in [6, 6.07) is 0. The van der Waals surface area contributed by atoms with Crippen LogP contribution < -0.4 is 9.86 Å². The van der Waals surface area contributed by atoms with Crippen LogP contribution in [0, 0.1) is 0 Å². The van der Waals surface area contributed by atoms with Crippen LogP contribution in [0.5, 0.6) is 0 Å². The van der Waals surface area contributed by atoms with Crippen molar-refractivity contribution in [3.63, 3.8) is 0 Å². The van der Waals surface area contributed by atoms with E-state index in [2.05, 4.69) is 5.14 Å². The molecule has 9 heteroatoms. The molecule has 0 aromatic rings. The average molecular weight is 247 g/mol. The van der Waals surface area contributed by atoms with Crippen LogP contribution >= 0.6 is 12.4 Å². The normalized spacial score (nSPS) is 19.6. The lowest BCUT2D eigenvalue weighted by Crippen LogP contribution is -2.29. The van der Waals surface area contributed by atoms with Crippen molar-refractivity contribution in [1.82, 2.24) is 4.72 Å². The van der Waals surface area contributed by atoms with Gasteiger partial charge in [0.05, 0.1) is 0 Å². The Morgan fingerprint density at radius 1 is 1.38 bits per heavy atom. The molecular weight excluding hydrogens is 240 g/mol. The van der Waals surface area contributed by atoms with Gasteiger partial charge in [-0.25, -0.2) is 22.0 Å². The predicted octanol–water partition coefficient (Wildman–Crippen LogP) is -1.02. The van der Waals surface area contributed by atoms with E-state index in [1.807, 2.05) is 4.72 Å². The van der Waals surface area contributed by atoms with Gasteiger partial charge in [0, 0.05) is 6.20 Å². The van der Waals surface area contributed by atoms with E-state index in [0.717, 1.165) is 12.3 Å². The van der Waals surface area contributed by atoms with Gasteiger partial charge in [0.25, 0.3) is 20.0 Å². The highest BCUT2D eigenvalue weighted by atomic mass is 35.5. The standard InChI is InChI=1S/C4H6N2O4S2.ClH/c5-11(7,8)4-2-1-3-6-12(4,9)10;/h1-3,6H,(H2,5,7,8);1H. The molecule has 0 aliphatic carbocycles. The summed E-state index contributed by atoms with van der Waals surface area (Å²) in [5.74, 6) is 0. The Kier molecular flexibility index (Phi) is 3.50. The SMILES string of the molecule is Cl.NS(=O)(=O)C1=CC=CNS1(=O)=O.